The number of hydrogen-bond acceptors (Lipinski definition) is 2. The fourth-order valence-corrected chi connectivity index (χ4v) is 1.97. The Balaban J connectivity index is 2.48. The second-order valence-corrected chi connectivity index (χ2v) is 4.18. The van der Waals surface area contributed by atoms with Crippen molar-refractivity contribution in [3.63, 3.8) is 0 Å². The van der Waals surface area contributed by atoms with Crippen molar-refractivity contribution in [3.05, 3.63) is 0 Å². The first-order chi connectivity index (χ1) is 7.11. The van der Waals surface area contributed by atoms with Gasteiger partial charge in [0.1, 0.15) is 0 Å². The van der Waals surface area contributed by atoms with Crippen molar-refractivity contribution in [2.45, 2.75) is 38.1 Å². The van der Waals surface area contributed by atoms with E-state index in [0.717, 1.165) is 25.7 Å². The van der Waals surface area contributed by atoms with Crippen LogP contribution in [-0.2, 0) is 0 Å². The van der Waals surface area contributed by atoms with Crippen LogP contribution in [0.2, 0.25) is 0 Å². The maximum absolute atomic E-state index is 11.0. The van der Waals surface area contributed by atoms with Crippen LogP contribution in [0.15, 0.2) is 0 Å². The predicted molar refractivity (Wildman–Crippen MR) is 61.5 cm³/mol. The molecule has 0 bridgehead atoms. The second-order valence-electron chi connectivity index (χ2n) is 3.74. The molecule has 0 aliphatic heterocycles. The van der Waals surface area contributed by atoms with Gasteiger partial charge in [0.25, 0.3) is 0 Å². The quantitative estimate of drug-likeness (QED) is 0.500. The number of carboxylic acid groups (broad SMARTS) is 1. The number of rotatable bonds is 3. The molecular formula is C9H17N3O2S. The average Bonchev–Trinajstić information content (AvgIpc) is 2.18. The Morgan fingerprint density at radius 2 is 2.07 bits per heavy atom. The van der Waals surface area contributed by atoms with Crippen LogP contribution >= 0.6 is 12.2 Å². The predicted octanol–water partition coefficient (Wildman–Crippen LogP) is 1.09. The Kier molecular flexibility index (Phi) is 4.61. The van der Waals surface area contributed by atoms with E-state index in [1.54, 1.807) is 0 Å². The van der Waals surface area contributed by atoms with Gasteiger partial charge in [0.05, 0.1) is 6.67 Å². The molecule has 0 atom stereocenters. The molecule has 0 aromatic carbocycles. The van der Waals surface area contributed by atoms with E-state index in [1.165, 1.54) is 11.3 Å². The topological polar surface area (TPSA) is 78.6 Å². The Bertz CT molecular complexity index is 242. The molecule has 6 heteroatoms. The molecule has 1 fully saturated rings. The van der Waals surface area contributed by atoms with Gasteiger partial charge in [-0.2, -0.15) is 0 Å². The van der Waals surface area contributed by atoms with Gasteiger partial charge in [-0.05, 0) is 25.1 Å². The van der Waals surface area contributed by atoms with Crippen LogP contribution in [0.3, 0.4) is 0 Å². The molecule has 0 unspecified atom stereocenters. The van der Waals surface area contributed by atoms with Crippen LogP contribution < -0.4 is 11.1 Å². The molecule has 1 saturated carbocycles. The molecule has 1 amide bonds. The number of nitrogens with zero attached hydrogens (tertiary/aromatic N) is 1. The molecule has 0 spiro atoms. The Labute approximate surface area is 94.6 Å². The lowest BCUT2D eigenvalue weighted by Crippen LogP contribution is -2.48. The summed E-state index contributed by atoms with van der Waals surface area (Å²) in [5, 5.41) is 11.9. The summed E-state index contributed by atoms with van der Waals surface area (Å²) in [6.07, 6.45) is 4.36. The van der Waals surface area contributed by atoms with Crippen LogP contribution in [0.4, 0.5) is 4.79 Å². The highest BCUT2D eigenvalue weighted by Gasteiger charge is 2.24. The van der Waals surface area contributed by atoms with E-state index in [9.17, 15) is 4.79 Å². The second kappa shape index (κ2) is 5.75. The highest BCUT2D eigenvalue weighted by atomic mass is 32.1. The van der Waals surface area contributed by atoms with E-state index in [-0.39, 0.29) is 17.8 Å². The van der Waals surface area contributed by atoms with E-state index in [0.29, 0.717) is 0 Å². The minimum absolute atomic E-state index is 0.109. The lowest BCUT2D eigenvalue weighted by Gasteiger charge is -2.32. The largest absolute Gasteiger partial charge is 0.465 e. The third-order valence-corrected chi connectivity index (χ3v) is 2.83. The molecule has 1 aliphatic rings. The van der Waals surface area contributed by atoms with Gasteiger partial charge < -0.3 is 16.2 Å². The van der Waals surface area contributed by atoms with E-state index in [4.69, 9.17) is 10.8 Å². The van der Waals surface area contributed by atoms with Gasteiger partial charge >= 0.3 is 6.09 Å². The zero-order valence-electron chi connectivity index (χ0n) is 8.61. The first kappa shape index (κ1) is 12.0. The molecule has 0 aromatic rings. The maximum Gasteiger partial charge on any atom is 0.408 e. The van der Waals surface area contributed by atoms with Gasteiger partial charge in [0, 0.05) is 6.04 Å². The molecule has 86 valence electrons. The maximum atomic E-state index is 11.0. The summed E-state index contributed by atoms with van der Waals surface area (Å²) in [6.45, 7) is 0.190. The SMILES string of the molecule is NC(=S)NCN(C(=O)O)C1CCCCC1. The van der Waals surface area contributed by atoms with Gasteiger partial charge in [-0.15, -0.1) is 0 Å². The molecule has 1 aliphatic carbocycles. The van der Waals surface area contributed by atoms with Crippen molar-refractivity contribution in [2.75, 3.05) is 6.67 Å². The fraction of sp³-hybridized carbons (Fsp3) is 0.778. The average molecular weight is 231 g/mol. The summed E-state index contributed by atoms with van der Waals surface area (Å²) in [5.41, 5.74) is 5.27. The Hall–Kier alpha value is -1.04. The zero-order chi connectivity index (χ0) is 11.3. The molecule has 0 aromatic heterocycles. The van der Waals surface area contributed by atoms with Gasteiger partial charge in [0.15, 0.2) is 5.11 Å². The van der Waals surface area contributed by atoms with E-state index in [2.05, 4.69) is 17.5 Å². The van der Waals surface area contributed by atoms with E-state index in [1.807, 2.05) is 0 Å². The van der Waals surface area contributed by atoms with Gasteiger partial charge in [0.2, 0.25) is 0 Å². The standard InChI is InChI=1S/C9H17N3O2S/c10-8(15)11-6-12(9(13)14)7-4-2-1-3-5-7/h7H,1-6H2,(H,13,14)(H3,10,11,15). The Morgan fingerprint density at radius 1 is 1.47 bits per heavy atom. The summed E-state index contributed by atoms with van der Waals surface area (Å²) in [4.78, 5) is 12.4. The van der Waals surface area contributed by atoms with Crippen molar-refractivity contribution < 1.29 is 9.90 Å². The molecule has 5 nitrogen and oxygen atoms in total. The van der Waals surface area contributed by atoms with Crippen LogP contribution in [0.5, 0.6) is 0 Å². The molecule has 4 N–H and O–H groups in total. The van der Waals surface area contributed by atoms with Crippen molar-refractivity contribution in [1.82, 2.24) is 10.2 Å². The number of amides is 1. The van der Waals surface area contributed by atoms with Crippen molar-refractivity contribution in [1.29, 1.82) is 0 Å². The monoisotopic (exact) mass is 231 g/mol. The molecule has 0 radical (unpaired) electrons. The van der Waals surface area contributed by atoms with Gasteiger partial charge in [-0.3, -0.25) is 4.90 Å². The number of carbonyl (C=O) groups is 1. The van der Waals surface area contributed by atoms with Crippen LogP contribution in [-0.4, -0.2) is 33.9 Å². The van der Waals surface area contributed by atoms with Crippen LogP contribution in [0.25, 0.3) is 0 Å². The molecule has 15 heavy (non-hydrogen) atoms. The summed E-state index contributed by atoms with van der Waals surface area (Å²) >= 11 is 4.65. The molecule has 1 rings (SSSR count). The summed E-state index contributed by atoms with van der Waals surface area (Å²) in [6, 6.07) is 0.109. The highest BCUT2D eigenvalue weighted by molar-refractivity contribution is 7.80. The molecular weight excluding hydrogens is 214 g/mol. The smallest absolute Gasteiger partial charge is 0.408 e. The van der Waals surface area contributed by atoms with Crippen molar-refractivity contribution in [3.8, 4) is 0 Å². The zero-order valence-corrected chi connectivity index (χ0v) is 9.42. The minimum Gasteiger partial charge on any atom is -0.465 e. The lowest BCUT2D eigenvalue weighted by atomic mass is 9.95. The van der Waals surface area contributed by atoms with Crippen LogP contribution in [0.1, 0.15) is 32.1 Å². The fourth-order valence-electron chi connectivity index (χ4n) is 1.91. The van der Waals surface area contributed by atoms with E-state index < -0.39 is 6.09 Å². The normalized spacial score (nSPS) is 17.1. The first-order valence-electron chi connectivity index (χ1n) is 5.14. The first-order valence-corrected chi connectivity index (χ1v) is 5.55. The minimum atomic E-state index is -0.911. The molecule has 0 heterocycles. The van der Waals surface area contributed by atoms with Gasteiger partial charge in [-0.1, -0.05) is 19.3 Å². The third-order valence-electron chi connectivity index (χ3n) is 2.68. The molecule has 0 saturated heterocycles. The summed E-state index contributed by atoms with van der Waals surface area (Å²) in [5.74, 6) is 0. The third kappa shape index (κ3) is 3.91. The van der Waals surface area contributed by atoms with Gasteiger partial charge in [-0.25, -0.2) is 4.79 Å². The highest BCUT2D eigenvalue weighted by Crippen LogP contribution is 2.22. The number of nitrogens with two attached hydrogens (primary N) is 1. The number of nitrogens with one attached hydrogen (secondary N) is 1. The van der Waals surface area contributed by atoms with E-state index >= 15 is 0 Å². The van der Waals surface area contributed by atoms with Crippen LogP contribution in [0, 0.1) is 0 Å². The number of hydrogen-bond donors (Lipinski definition) is 3. The summed E-state index contributed by atoms with van der Waals surface area (Å²) in [7, 11) is 0. The van der Waals surface area contributed by atoms with Crippen molar-refractivity contribution >= 4 is 23.4 Å². The summed E-state index contributed by atoms with van der Waals surface area (Å²) < 4.78 is 0. The number of thiocarbonyl (C=S) groups is 1. The Morgan fingerprint density at radius 3 is 2.53 bits per heavy atom. The van der Waals surface area contributed by atoms with Crippen molar-refractivity contribution in [2.24, 2.45) is 5.73 Å². The lowest BCUT2D eigenvalue weighted by molar-refractivity contribution is 0.109.